The number of hydrogen-bond acceptors (Lipinski definition) is 6. The molecule has 2 aliphatic heterocycles. The lowest BCUT2D eigenvalue weighted by molar-refractivity contribution is -0.132. The number of nitrogens with zero attached hydrogens (tertiary/aromatic N) is 6. The first kappa shape index (κ1) is 23.5. The van der Waals surface area contributed by atoms with Gasteiger partial charge in [-0.05, 0) is 57.7 Å². The first-order valence-electron chi connectivity index (χ1n) is 11.7. The minimum Gasteiger partial charge on any atom is -0.494 e. The van der Waals surface area contributed by atoms with Gasteiger partial charge in [0.15, 0.2) is 5.84 Å². The molecule has 3 heterocycles. The van der Waals surface area contributed by atoms with Crippen molar-refractivity contribution in [2.75, 3.05) is 26.0 Å². The van der Waals surface area contributed by atoms with Crippen LogP contribution in [-0.4, -0.2) is 63.1 Å². The number of rotatable bonds is 6. The van der Waals surface area contributed by atoms with E-state index >= 15 is 0 Å². The molecule has 1 unspecified atom stereocenters. The summed E-state index contributed by atoms with van der Waals surface area (Å²) in [6, 6.07) is 5.72. The zero-order chi connectivity index (χ0) is 24.4. The summed E-state index contributed by atoms with van der Waals surface area (Å²) in [4.78, 5) is 26.0. The number of aliphatic imine (C=N–C) groups is 1. The number of anilines is 1. The highest BCUT2D eigenvalue weighted by molar-refractivity contribution is 6.08. The zero-order valence-electron chi connectivity index (χ0n) is 20.8. The van der Waals surface area contributed by atoms with Crippen LogP contribution in [0.1, 0.15) is 45.9 Å². The average Bonchev–Trinajstić information content (AvgIpc) is 3.50. The number of carbonyl (C=O) groups excluding carboxylic acids is 1. The van der Waals surface area contributed by atoms with Crippen molar-refractivity contribution in [1.82, 2.24) is 24.6 Å². The van der Waals surface area contributed by atoms with Gasteiger partial charge >= 0.3 is 0 Å². The molecule has 1 aromatic carbocycles. The summed E-state index contributed by atoms with van der Waals surface area (Å²) in [5.41, 5.74) is 3.61. The number of hydrogen-bond donors (Lipinski definition) is 1. The van der Waals surface area contributed by atoms with Gasteiger partial charge < -0.3 is 19.9 Å². The number of methoxy groups -OCH3 is 1. The molecule has 9 heteroatoms. The van der Waals surface area contributed by atoms with Crippen molar-refractivity contribution >= 4 is 17.4 Å². The summed E-state index contributed by atoms with van der Waals surface area (Å²) >= 11 is 0. The lowest BCUT2D eigenvalue weighted by Crippen LogP contribution is -2.54. The minimum atomic E-state index is -0.138. The van der Waals surface area contributed by atoms with Gasteiger partial charge in [-0.2, -0.15) is 5.10 Å². The second kappa shape index (κ2) is 9.70. The molecule has 2 aromatic rings. The molecular weight excluding hydrogens is 430 g/mol. The highest BCUT2D eigenvalue weighted by Crippen LogP contribution is 2.31. The molecule has 0 spiro atoms. The van der Waals surface area contributed by atoms with Gasteiger partial charge in [-0.3, -0.25) is 4.79 Å². The smallest absolute Gasteiger partial charge is 0.249 e. The van der Waals surface area contributed by atoms with Crippen LogP contribution in [0.2, 0.25) is 0 Å². The fraction of sp³-hybridized carbons (Fsp3) is 0.440. The maximum absolute atomic E-state index is 12.8. The number of fused-ring (bicyclic) bond motifs is 1. The van der Waals surface area contributed by atoms with Crippen LogP contribution in [0.15, 0.2) is 52.7 Å². The van der Waals surface area contributed by atoms with E-state index in [0.29, 0.717) is 11.6 Å². The second-order valence-electron chi connectivity index (χ2n) is 8.59. The molecule has 1 aromatic heterocycles. The largest absolute Gasteiger partial charge is 0.494 e. The van der Waals surface area contributed by atoms with E-state index in [9.17, 15) is 4.79 Å². The highest BCUT2D eigenvalue weighted by atomic mass is 16.5. The first-order valence-corrected chi connectivity index (χ1v) is 11.7. The number of amidine groups is 1. The van der Waals surface area contributed by atoms with E-state index < -0.39 is 0 Å². The van der Waals surface area contributed by atoms with Crippen LogP contribution in [0, 0.1) is 6.92 Å². The molecule has 34 heavy (non-hydrogen) atoms. The van der Waals surface area contributed by atoms with Crippen molar-refractivity contribution in [1.29, 1.82) is 0 Å². The molecule has 0 radical (unpaired) electrons. The summed E-state index contributed by atoms with van der Waals surface area (Å²) in [5, 5.41) is 7.89. The molecule has 2 aliphatic rings. The number of amides is 1. The number of likely N-dealkylation sites (N-methyl/N-ethyl adjacent to an activating group) is 1. The van der Waals surface area contributed by atoms with E-state index in [1.165, 1.54) is 0 Å². The van der Waals surface area contributed by atoms with Crippen molar-refractivity contribution in [2.24, 2.45) is 4.99 Å². The number of aromatic nitrogens is 3. The molecule has 9 nitrogen and oxygen atoms in total. The fourth-order valence-electron chi connectivity index (χ4n) is 4.41. The predicted molar refractivity (Wildman–Crippen MR) is 133 cm³/mol. The van der Waals surface area contributed by atoms with E-state index in [4.69, 9.17) is 9.73 Å². The third-order valence-electron chi connectivity index (χ3n) is 6.45. The van der Waals surface area contributed by atoms with E-state index in [2.05, 4.69) is 34.1 Å². The average molecular weight is 464 g/mol. The Morgan fingerprint density at radius 2 is 2.18 bits per heavy atom. The molecule has 0 saturated carbocycles. The number of nitrogens with one attached hydrogen (secondary N) is 1. The van der Waals surface area contributed by atoms with Crippen molar-refractivity contribution in [3.8, 4) is 11.4 Å². The van der Waals surface area contributed by atoms with Crippen molar-refractivity contribution in [2.45, 2.75) is 53.0 Å². The number of piperazine rings is 1. The van der Waals surface area contributed by atoms with Gasteiger partial charge in [-0.25, -0.2) is 14.7 Å². The van der Waals surface area contributed by atoms with E-state index in [-0.39, 0.29) is 11.9 Å². The molecule has 2 fully saturated rings. The molecule has 0 aliphatic carbocycles. The zero-order valence-corrected chi connectivity index (χ0v) is 20.8. The van der Waals surface area contributed by atoms with Gasteiger partial charge in [0.2, 0.25) is 5.91 Å². The molecule has 4 rings (SSSR count). The number of benzene rings is 1. The minimum absolute atomic E-state index is 0.138. The Morgan fingerprint density at radius 3 is 2.82 bits per heavy atom. The van der Waals surface area contributed by atoms with E-state index in [1.54, 1.807) is 23.0 Å². The van der Waals surface area contributed by atoms with Crippen LogP contribution in [0.5, 0.6) is 5.75 Å². The van der Waals surface area contributed by atoms with Crippen LogP contribution >= 0.6 is 0 Å². The second-order valence-corrected chi connectivity index (χ2v) is 8.59. The van der Waals surface area contributed by atoms with E-state index in [0.717, 1.165) is 60.1 Å². The summed E-state index contributed by atoms with van der Waals surface area (Å²) in [7, 11) is 3.48. The maximum atomic E-state index is 12.8. The number of allylic oxidation sites excluding steroid dienone is 2. The Balaban J connectivity index is 1.71. The lowest BCUT2D eigenvalue weighted by Gasteiger charge is -2.39. The number of aryl methyl sites for hydroxylation is 1. The van der Waals surface area contributed by atoms with Crippen LogP contribution in [0.3, 0.4) is 0 Å². The summed E-state index contributed by atoms with van der Waals surface area (Å²) < 4.78 is 7.34. The highest BCUT2D eigenvalue weighted by Gasteiger charge is 2.42. The summed E-state index contributed by atoms with van der Waals surface area (Å²) in [6.45, 7) is 8.82. The summed E-state index contributed by atoms with van der Waals surface area (Å²) in [6.07, 6.45) is 6.32. The van der Waals surface area contributed by atoms with Gasteiger partial charge in [-0.15, -0.1) is 0 Å². The Labute approximate surface area is 200 Å². The topological polar surface area (TPSA) is 87.9 Å². The monoisotopic (exact) mass is 463 g/mol. The van der Waals surface area contributed by atoms with Gasteiger partial charge in [0, 0.05) is 25.3 Å². The molecule has 2 saturated heterocycles. The van der Waals surface area contributed by atoms with Crippen molar-refractivity contribution < 1.29 is 9.53 Å². The van der Waals surface area contributed by atoms with Gasteiger partial charge in [-0.1, -0.05) is 13.0 Å². The van der Waals surface area contributed by atoms with Crippen LogP contribution < -0.4 is 10.1 Å². The molecule has 1 atom stereocenters. The van der Waals surface area contributed by atoms with Crippen LogP contribution in [0.25, 0.3) is 5.69 Å². The third kappa shape index (κ3) is 4.30. The van der Waals surface area contributed by atoms with Crippen molar-refractivity contribution in [3.05, 3.63) is 53.5 Å². The fourth-order valence-corrected chi connectivity index (χ4v) is 4.41. The Hall–Kier alpha value is -3.62. The molecular formula is C25H33N7O2. The first-order chi connectivity index (χ1) is 16.4. The quantitative estimate of drug-likeness (QED) is 0.700. The molecule has 1 N–H and O–H groups in total. The third-order valence-corrected chi connectivity index (χ3v) is 6.45. The molecule has 1 amide bonds. The number of ether oxygens (including phenoxy) is 1. The standard InChI is InChI=1S/C25H33N7O2/c1-7-16(3)23(28-24-19(8-2)30(5)25(33)21-10-9-13-31(21)24)27-18-11-12-20(22(14-18)34-6)32-15-26-17(4)29-32/h8,11-12,14-15,21,27H,7,9-10,13H2,1-6H3/b19-8?,23-16+,28-24?. The lowest BCUT2D eigenvalue weighted by atomic mass is 10.1. The SMILES string of the molecule is CC=C1C(=N/C(Nc2ccc(-n3cnc(C)n3)c(OC)c2)=C(\C)CC)N2CCCC2C(=O)N1C. The summed E-state index contributed by atoms with van der Waals surface area (Å²) in [5.74, 6) is 3.12. The normalized spacial score (nSPS) is 21.2. The predicted octanol–water partition coefficient (Wildman–Crippen LogP) is 3.88. The molecule has 180 valence electrons. The Morgan fingerprint density at radius 1 is 1.38 bits per heavy atom. The van der Waals surface area contributed by atoms with E-state index in [1.807, 2.05) is 45.2 Å². The Kier molecular flexibility index (Phi) is 6.72. The maximum Gasteiger partial charge on any atom is 0.249 e. The van der Waals surface area contributed by atoms with Crippen molar-refractivity contribution in [3.63, 3.8) is 0 Å². The Bertz CT molecular complexity index is 1180. The van der Waals surface area contributed by atoms with Gasteiger partial charge in [0.1, 0.15) is 35.5 Å². The molecule has 0 bridgehead atoms. The van der Waals surface area contributed by atoms with Gasteiger partial charge in [0.05, 0.1) is 12.8 Å². The van der Waals surface area contributed by atoms with Crippen LogP contribution in [-0.2, 0) is 4.79 Å². The van der Waals surface area contributed by atoms with Crippen LogP contribution in [0.4, 0.5) is 5.69 Å². The number of carbonyl (C=O) groups is 1. The van der Waals surface area contributed by atoms with Gasteiger partial charge in [0.25, 0.3) is 0 Å².